The van der Waals surface area contributed by atoms with Crippen LogP contribution in [-0.2, 0) is 20.9 Å². The molecule has 2 aromatic carbocycles. The molecule has 0 radical (unpaired) electrons. The van der Waals surface area contributed by atoms with Crippen molar-refractivity contribution in [2.45, 2.75) is 95.7 Å². The first kappa shape index (κ1) is 33.7. The summed E-state index contributed by atoms with van der Waals surface area (Å²) in [5.74, 6) is 2.09. The number of benzene rings is 2. The summed E-state index contributed by atoms with van der Waals surface area (Å²) in [7, 11) is 0. The van der Waals surface area contributed by atoms with Crippen LogP contribution in [0.2, 0.25) is 0 Å². The van der Waals surface area contributed by atoms with Crippen LogP contribution in [-0.4, -0.2) is 56.7 Å². The number of aromatic nitrogens is 2. The molecule has 1 aromatic heterocycles. The number of rotatable bonds is 12. The van der Waals surface area contributed by atoms with Crippen LogP contribution in [0.15, 0.2) is 47.6 Å². The lowest BCUT2D eigenvalue weighted by molar-refractivity contribution is -0.156. The van der Waals surface area contributed by atoms with Gasteiger partial charge in [0.05, 0.1) is 28.8 Å². The van der Waals surface area contributed by atoms with E-state index in [-0.39, 0.29) is 54.6 Å². The molecule has 6 rings (SSSR count). The molecule has 3 aliphatic rings. The first-order valence-electron chi connectivity index (χ1n) is 16.9. The molecular weight excluding hydrogens is 630 g/mol. The third kappa shape index (κ3) is 7.57. The number of para-hydroxylation sites is 2. The Balaban J connectivity index is 1.13. The maximum absolute atomic E-state index is 13.5. The zero-order valence-corrected chi connectivity index (χ0v) is 28.4. The Bertz CT molecular complexity index is 1720. The van der Waals surface area contributed by atoms with E-state index < -0.39 is 5.97 Å². The number of imidazole rings is 1. The van der Waals surface area contributed by atoms with Gasteiger partial charge < -0.3 is 24.7 Å². The number of esters is 2. The highest BCUT2D eigenvalue weighted by molar-refractivity contribution is 8.00. The van der Waals surface area contributed by atoms with Crippen LogP contribution in [0.25, 0.3) is 32.9 Å². The third-order valence-electron chi connectivity index (χ3n) is 9.84. The van der Waals surface area contributed by atoms with E-state index in [0.29, 0.717) is 46.3 Å². The number of unbranched alkanes of at least 4 members (excludes halogenated alkanes) is 1. The summed E-state index contributed by atoms with van der Waals surface area (Å²) < 4.78 is 13.6. The molecule has 13 heteroatoms. The van der Waals surface area contributed by atoms with Crippen molar-refractivity contribution in [2.75, 3.05) is 5.75 Å². The number of nitrogens with zero attached hydrogens (tertiary/aromatic N) is 5. The Kier molecular flexibility index (Phi) is 10.5. The Morgan fingerprint density at radius 3 is 2.79 bits per heavy atom. The summed E-state index contributed by atoms with van der Waals surface area (Å²) in [6, 6.07) is 12.8. The Hall–Kier alpha value is -4.22. The van der Waals surface area contributed by atoms with Crippen molar-refractivity contribution >= 4 is 46.5 Å². The minimum Gasteiger partial charge on any atom is -0.461 e. The van der Waals surface area contributed by atoms with E-state index in [4.69, 9.17) is 14.5 Å². The number of carbonyl (C=O) groups is 3. The zero-order chi connectivity index (χ0) is 33.8. The first-order valence-corrected chi connectivity index (χ1v) is 18.0. The normalized spacial score (nSPS) is 24.9. The van der Waals surface area contributed by atoms with Crippen LogP contribution in [0.4, 0.5) is 10.5 Å². The highest BCUT2D eigenvalue weighted by atomic mass is 32.2. The van der Waals surface area contributed by atoms with Crippen molar-refractivity contribution in [3.05, 3.63) is 52.9 Å². The van der Waals surface area contributed by atoms with Gasteiger partial charge in [0.1, 0.15) is 24.2 Å². The third-order valence-corrected chi connectivity index (χ3v) is 11.3. The number of hydrogen-bond donors (Lipinski definition) is 2. The van der Waals surface area contributed by atoms with Gasteiger partial charge in [0.25, 0.3) is 0 Å². The van der Waals surface area contributed by atoms with Crippen molar-refractivity contribution in [1.82, 2.24) is 20.2 Å². The van der Waals surface area contributed by atoms with Crippen molar-refractivity contribution < 1.29 is 23.9 Å². The average molecular weight is 674 g/mol. The van der Waals surface area contributed by atoms with E-state index in [9.17, 15) is 19.9 Å². The smallest absolute Gasteiger partial charge is 0.326 e. The van der Waals surface area contributed by atoms with E-state index >= 15 is 0 Å². The monoisotopic (exact) mass is 673 g/mol. The number of thioether (sulfide) groups is 1. The minimum absolute atomic E-state index is 0.0250. The van der Waals surface area contributed by atoms with Crippen LogP contribution >= 0.6 is 11.8 Å². The van der Waals surface area contributed by atoms with Crippen LogP contribution in [0.3, 0.4) is 0 Å². The summed E-state index contributed by atoms with van der Waals surface area (Å²) in [6.45, 7) is 6.56. The fourth-order valence-corrected chi connectivity index (χ4v) is 8.89. The molecule has 2 aliphatic heterocycles. The standard InChI is InChI=1S/C35H43N7O5S/c1-20(2)23-14-12-21(3)16-29(23)47-32(44)18-42-27-9-5-4-8-24(27)37-34(42)22-13-15-28(25(17-22)40-41-36)46-31(43)11-7-6-10-30-33-26(19-48-30)38-35(45)39-33/h4-5,8-9,13,15,17,20-21,23,26,29-30,33H,6-7,10-12,14,16,18-19H2,1-3H3,(H2,38,39,45)/t21-,23+,26+,29?,30?,33+/m1/s1. The summed E-state index contributed by atoms with van der Waals surface area (Å²) in [4.78, 5) is 45.7. The summed E-state index contributed by atoms with van der Waals surface area (Å²) >= 11 is 1.85. The van der Waals surface area contributed by atoms with E-state index in [2.05, 4.69) is 41.4 Å². The zero-order valence-electron chi connectivity index (χ0n) is 27.6. The molecular formula is C35H43N7O5S. The highest BCUT2D eigenvalue weighted by Crippen LogP contribution is 2.37. The Labute approximate surface area is 284 Å². The molecule has 1 aliphatic carbocycles. The lowest BCUT2D eigenvalue weighted by atomic mass is 9.75. The van der Waals surface area contributed by atoms with Gasteiger partial charge in [0.2, 0.25) is 0 Å². The second-order valence-corrected chi connectivity index (χ2v) is 14.9. The molecule has 3 heterocycles. The predicted molar refractivity (Wildman–Crippen MR) is 185 cm³/mol. The maximum atomic E-state index is 13.5. The lowest BCUT2D eigenvalue weighted by Gasteiger charge is -2.36. The number of nitrogens with one attached hydrogen (secondary N) is 2. The van der Waals surface area contributed by atoms with Gasteiger partial charge >= 0.3 is 18.0 Å². The van der Waals surface area contributed by atoms with Crippen molar-refractivity contribution in [3.8, 4) is 17.1 Å². The lowest BCUT2D eigenvalue weighted by Crippen LogP contribution is -2.36. The fourth-order valence-electron chi connectivity index (χ4n) is 7.34. The SMILES string of the molecule is CC(C)[C@@H]1CC[C@@H](C)CC1OC(=O)Cn1c(-c2ccc(OC(=O)CCCCC3SC[C@@H]4NC(=O)N[C@H]34)c(N=[N+]=[N-])c2)nc2ccccc21. The molecule has 3 aromatic rings. The molecule has 48 heavy (non-hydrogen) atoms. The largest absolute Gasteiger partial charge is 0.461 e. The number of urea groups is 1. The molecule has 0 spiro atoms. The quantitative estimate of drug-likeness (QED) is 0.0388. The van der Waals surface area contributed by atoms with E-state index in [0.717, 1.165) is 43.4 Å². The molecule has 2 N–H and O–H groups in total. The number of hydrogen-bond acceptors (Lipinski definition) is 8. The minimum atomic E-state index is -0.420. The molecule has 12 nitrogen and oxygen atoms in total. The Morgan fingerprint density at radius 2 is 1.98 bits per heavy atom. The second-order valence-electron chi connectivity index (χ2n) is 13.6. The van der Waals surface area contributed by atoms with Gasteiger partial charge in [-0.25, -0.2) is 9.78 Å². The number of ether oxygens (including phenoxy) is 2. The molecule has 6 atom stereocenters. The predicted octanol–water partition coefficient (Wildman–Crippen LogP) is 7.28. The molecule has 2 unspecified atom stereocenters. The first-order chi connectivity index (χ1) is 23.2. The number of fused-ring (bicyclic) bond motifs is 2. The van der Waals surface area contributed by atoms with E-state index in [1.165, 1.54) is 0 Å². The molecule has 3 fully saturated rings. The van der Waals surface area contributed by atoms with Crippen LogP contribution in [0.5, 0.6) is 5.75 Å². The van der Waals surface area contributed by atoms with Gasteiger partial charge in [0, 0.05) is 27.9 Å². The number of carbonyl (C=O) groups excluding carboxylic acids is 3. The van der Waals surface area contributed by atoms with E-state index in [1.54, 1.807) is 18.2 Å². The van der Waals surface area contributed by atoms with Gasteiger partial charge in [-0.3, -0.25) is 9.59 Å². The summed E-state index contributed by atoms with van der Waals surface area (Å²) in [5, 5.41) is 10.1. The summed E-state index contributed by atoms with van der Waals surface area (Å²) in [6.07, 6.45) is 5.51. The van der Waals surface area contributed by atoms with Gasteiger partial charge in [0.15, 0.2) is 0 Å². The van der Waals surface area contributed by atoms with Crippen LogP contribution < -0.4 is 15.4 Å². The Morgan fingerprint density at radius 1 is 1.15 bits per heavy atom. The maximum Gasteiger partial charge on any atom is 0.326 e. The van der Waals surface area contributed by atoms with Crippen LogP contribution in [0, 0.1) is 17.8 Å². The number of azide groups is 1. The molecule has 2 amide bonds. The fraction of sp³-hybridized carbons (Fsp3) is 0.543. The molecule has 2 saturated heterocycles. The van der Waals surface area contributed by atoms with Gasteiger partial charge in [-0.2, -0.15) is 11.8 Å². The van der Waals surface area contributed by atoms with Gasteiger partial charge in [-0.15, -0.1) is 0 Å². The molecule has 254 valence electrons. The van der Waals surface area contributed by atoms with Crippen molar-refractivity contribution in [1.29, 1.82) is 0 Å². The van der Waals surface area contributed by atoms with E-state index in [1.807, 2.05) is 40.6 Å². The highest BCUT2D eigenvalue weighted by Gasteiger charge is 2.42. The van der Waals surface area contributed by atoms with Crippen molar-refractivity contribution in [3.63, 3.8) is 0 Å². The van der Waals surface area contributed by atoms with Crippen molar-refractivity contribution in [2.24, 2.45) is 22.9 Å². The molecule has 0 bridgehead atoms. The van der Waals surface area contributed by atoms with Crippen LogP contribution in [0.1, 0.15) is 65.7 Å². The number of amides is 2. The second kappa shape index (κ2) is 14.9. The topological polar surface area (TPSA) is 160 Å². The van der Waals surface area contributed by atoms with Gasteiger partial charge in [-0.05, 0) is 79.3 Å². The average Bonchev–Trinajstić information content (AvgIpc) is 3.72. The van der Waals surface area contributed by atoms with Gasteiger partial charge in [-0.1, -0.05) is 50.9 Å². The molecule has 1 saturated carbocycles. The summed E-state index contributed by atoms with van der Waals surface area (Å²) in [5.41, 5.74) is 11.6.